The molecule has 1 N–H and O–H groups in total. The van der Waals surface area contributed by atoms with E-state index in [0.29, 0.717) is 12.1 Å². The smallest absolute Gasteiger partial charge is 0.0192 e. The van der Waals surface area contributed by atoms with Gasteiger partial charge in [0, 0.05) is 24.7 Å². The van der Waals surface area contributed by atoms with E-state index in [2.05, 4.69) is 61.4 Å². The van der Waals surface area contributed by atoms with Gasteiger partial charge in [-0.3, -0.25) is 4.90 Å². The lowest BCUT2D eigenvalue weighted by atomic mass is 10.1. The van der Waals surface area contributed by atoms with Crippen LogP contribution in [0, 0.1) is 0 Å². The molecule has 0 spiro atoms. The predicted molar refractivity (Wildman–Crippen MR) is 82.5 cm³/mol. The number of aryl methyl sites for hydroxylation is 1. The van der Waals surface area contributed by atoms with Gasteiger partial charge in [0.15, 0.2) is 0 Å². The van der Waals surface area contributed by atoms with Crippen LogP contribution in [0.15, 0.2) is 30.3 Å². The molecule has 1 aromatic rings. The van der Waals surface area contributed by atoms with Gasteiger partial charge in [0.05, 0.1) is 0 Å². The normalized spacial score (nSPS) is 18.5. The number of hydrogen-bond donors (Lipinski definition) is 1. The Kier molecular flexibility index (Phi) is 5.41. The summed E-state index contributed by atoms with van der Waals surface area (Å²) in [4.78, 5) is 2.52. The van der Waals surface area contributed by atoms with Crippen LogP contribution in [0.3, 0.4) is 0 Å². The molecule has 0 aliphatic heterocycles. The maximum atomic E-state index is 3.67. The molecule has 0 aromatic heterocycles. The molecule has 0 saturated heterocycles. The molecule has 0 amide bonds. The zero-order valence-corrected chi connectivity index (χ0v) is 12.6. The van der Waals surface area contributed by atoms with Crippen molar-refractivity contribution < 1.29 is 0 Å². The summed E-state index contributed by atoms with van der Waals surface area (Å²) in [6.45, 7) is 5.73. The Morgan fingerprint density at radius 1 is 1.21 bits per heavy atom. The third-order valence-corrected chi connectivity index (χ3v) is 4.29. The molecule has 0 radical (unpaired) electrons. The van der Waals surface area contributed by atoms with E-state index in [1.54, 1.807) is 0 Å². The highest BCUT2D eigenvalue weighted by Gasteiger charge is 2.28. The van der Waals surface area contributed by atoms with Crippen LogP contribution in [-0.4, -0.2) is 36.6 Å². The molecule has 19 heavy (non-hydrogen) atoms. The van der Waals surface area contributed by atoms with Crippen molar-refractivity contribution in [2.45, 2.75) is 57.7 Å². The van der Waals surface area contributed by atoms with Crippen molar-refractivity contribution in [2.75, 3.05) is 13.6 Å². The molecule has 1 aliphatic rings. The third kappa shape index (κ3) is 4.96. The second-order valence-corrected chi connectivity index (χ2v) is 6.08. The molecule has 2 nitrogen and oxygen atoms in total. The van der Waals surface area contributed by atoms with E-state index in [4.69, 9.17) is 0 Å². The SMILES string of the molecule is CC(CCc1ccccc1)NCC(C)N(C)C1CC1. The Morgan fingerprint density at radius 2 is 1.89 bits per heavy atom. The number of rotatable bonds is 8. The monoisotopic (exact) mass is 260 g/mol. The van der Waals surface area contributed by atoms with Crippen LogP contribution in [0.2, 0.25) is 0 Å². The predicted octanol–water partition coefficient (Wildman–Crippen LogP) is 3.08. The second-order valence-electron chi connectivity index (χ2n) is 6.08. The first-order valence-electron chi connectivity index (χ1n) is 7.66. The van der Waals surface area contributed by atoms with Crippen molar-refractivity contribution in [1.29, 1.82) is 0 Å². The molecular formula is C17H28N2. The topological polar surface area (TPSA) is 15.3 Å². The Morgan fingerprint density at radius 3 is 2.53 bits per heavy atom. The van der Waals surface area contributed by atoms with E-state index in [9.17, 15) is 0 Å². The van der Waals surface area contributed by atoms with E-state index in [1.807, 2.05) is 0 Å². The van der Waals surface area contributed by atoms with E-state index in [-0.39, 0.29) is 0 Å². The van der Waals surface area contributed by atoms with E-state index in [1.165, 1.54) is 31.2 Å². The highest BCUT2D eigenvalue weighted by atomic mass is 15.2. The molecule has 2 heteroatoms. The van der Waals surface area contributed by atoms with Gasteiger partial charge in [-0.1, -0.05) is 30.3 Å². The van der Waals surface area contributed by atoms with Gasteiger partial charge in [0.25, 0.3) is 0 Å². The number of nitrogens with one attached hydrogen (secondary N) is 1. The summed E-state index contributed by atoms with van der Waals surface area (Å²) in [5, 5.41) is 3.67. The molecular weight excluding hydrogens is 232 g/mol. The highest BCUT2D eigenvalue weighted by molar-refractivity contribution is 5.14. The van der Waals surface area contributed by atoms with Crippen LogP contribution < -0.4 is 5.32 Å². The minimum Gasteiger partial charge on any atom is -0.313 e. The minimum atomic E-state index is 0.593. The fourth-order valence-electron chi connectivity index (χ4n) is 2.49. The number of nitrogens with zero attached hydrogens (tertiary/aromatic N) is 1. The number of benzene rings is 1. The first-order chi connectivity index (χ1) is 9.16. The van der Waals surface area contributed by atoms with E-state index in [0.717, 1.165) is 12.6 Å². The summed E-state index contributed by atoms with van der Waals surface area (Å²) in [5.41, 5.74) is 1.44. The lowest BCUT2D eigenvalue weighted by Gasteiger charge is -2.26. The summed E-state index contributed by atoms with van der Waals surface area (Å²) in [6.07, 6.45) is 5.17. The lowest BCUT2D eigenvalue weighted by molar-refractivity contribution is 0.235. The summed E-state index contributed by atoms with van der Waals surface area (Å²) >= 11 is 0. The fraction of sp³-hybridized carbons (Fsp3) is 0.647. The van der Waals surface area contributed by atoms with Crippen molar-refractivity contribution in [3.63, 3.8) is 0 Å². The zero-order valence-electron chi connectivity index (χ0n) is 12.6. The molecule has 2 atom stereocenters. The average Bonchev–Trinajstić information content (AvgIpc) is 3.27. The maximum Gasteiger partial charge on any atom is 0.0192 e. The standard InChI is InChI=1S/C17H28N2/c1-14(9-10-16-7-5-4-6-8-16)18-13-15(2)19(3)17-11-12-17/h4-8,14-15,17-18H,9-13H2,1-3H3. The Hall–Kier alpha value is -0.860. The Balaban J connectivity index is 1.62. The van der Waals surface area contributed by atoms with Gasteiger partial charge in [-0.15, -0.1) is 0 Å². The maximum absolute atomic E-state index is 3.67. The van der Waals surface area contributed by atoms with Crippen LogP contribution in [-0.2, 0) is 6.42 Å². The number of likely N-dealkylation sites (N-methyl/N-ethyl adjacent to an activating group) is 1. The molecule has 2 rings (SSSR count). The van der Waals surface area contributed by atoms with E-state index >= 15 is 0 Å². The summed E-state index contributed by atoms with van der Waals surface area (Å²) < 4.78 is 0. The quantitative estimate of drug-likeness (QED) is 0.773. The van der Waals surface area contributed by atoms with Crippen LogP contribution in [0.4, 0.5) is 0 Å². The van der Waals surface area contributed by atoms with Gasteiger partial charge in [-0.25, -0.2) is 0 Å². The molecule has 1 fully saturated rings. The Bertz CT molecular complexity index is 359. The van der Waals surface area contributed by atoms with Crippen LogP contribution in [0.5, 0.6) is 0 Å². The second kappa shape index (κ2) is 7.06. The summed E-state index contributed by atoms with van der Waals surface area (Å²) in [5.74, 6) is 0. The van der Waals surface area contributed by atoms with Crippen LogP contribution in [0.1, 0.15) is 38.7 Å². The van der Waals surface area contributed by atoms with Gasteiger partial charge >= 0.3 is 0 Å². The summed E-state index contributed by atoms with van der Waals surface area (Å²) in [7, 11) is 2.26. The van der Waals surface area contributed by atoms with Crippen molar-refractivity contribution >= 4 is 0 Å². The molecule has 1 aromatic carbocycles. The van der Waals surface area contributed by atoms with Gasteiger partial charge in [0.1, 0.15) is 0 Å². The largest absolute Gasteiger partial charge is 0.313 e. The highest BCUT2D eigenvalue weighted by Crippen LogP contribution is 2.26. The lowest BCUT2D eigenvalue weighted by Crippen LogP contribution is -2.42. The zero-order chi connectivity index (χ0) is 13.7. The van der Waals surface area contributed by atoms with Crippen molar-refractivity contribution in [3.05, 3.63) is 35.9 Å². The van der Waals surface area contributed by atoms with Crippen LogP contribution >= 0.6 is 0 Å². The minimum absolute atomic E-state index is 0.593. The molecule has 1 saturated carbocycles. The van der Waals surface area contributed by atoms with Crippen molar-refractivity contribution in [3.8, 4) is 0 Å². The molecule has 0 bridgehead atoms. The Labute approximate surface area is 118 Å². The summed E-state index contributed by atoms with van der Waals surface area (Å²) in [6, 6.07) is 12.9. The van der Waals surface area contributed by atoms with Gasteiger partial charge in [-0.05, 0) is 52.1 Å². The third-order valence-electron chi connectivity index (χ3n) is 4.29. The van der Waals surface area contributed by atoms with Crippen molar-refractivity contribution in [1.82, 2.24) is 10.2 Å². The molecule has 106 valence electrons. The molecule has 1 aliphatic carbocycles. The molecule has 2 unspecified atom stereocenters. The molecule has 0 heterocycles. The fourth-order valence-corrected chi connectivity index (χ4v) is 2.49. The first kappa shape index (κ1) is 14.5. The van der Waals surface area contributed by atoms with Crippen molar-refractivity contribution in [2.24, 2.45) is 0 Å². The van der Waals surface area contributed by atoms with Gasteiger partial charge in [-0.2, -0.15) is 0 Å². The number of hydrogen-bond acceptors (Lipinski definition) is 2. The van der Waals surface area contributed by atoms with Gasteiger partial charge in [0.2, 0.25) is 0 Å². The van der Waals surface area contributed by atoms with Gasteiger partial charge < -0.3 is 5.32 Å². The first-order valence-corrected chi connectivity index (χ1v) is 7.66. The van der Waals surface area contributed by atoms with Crippen LogP contribution in [0.25, 0.3) is 0 Å². The van der Waals surface area contributed by atoms with E-state index < -0.39 is 0 Å². The average molecular weight is 260 g/mol.